The molecule has 3 heterocycles. The van der Waals surface area contributed by atoms with E-state index in [1.807, 2.05) is 37.9 Å². The highest BCUT2D eigenvalue weighted by atomic mass is 16.5. The smallest absolute Gasteiger partial charge is 0.303 e. The molecule has 36 heavy (non-hydrogen) atoms. The molecule has 1 N–H and O–H groups in total. The number of aliphatic carboxylic acids is 1. The number of piperidine rings is 1. The second-order valence-corrected chi connectivity index (χ2v) is 10.2. The molecule has 7 nitrogen and oxygen atoms in total. The Bertz CT molecular complexity index is 1130. The maximum Gasteiger partial charge on any atom is 0.303 e. The second kappa shape index (κ2) is 12.9. The summed E-state index contributed by atoms with van der Waals surface area (Å²) in [5, 5.41) is 10.5. The van der Waals surface area contributed by atoms with E-state index in [-0.39, 0.29) is 6.42 Å². The number of unbranched alkanes of at least 4 members (excludes halogenated alkanes) is 1. The normalized spacial score (nSPS) is 18.5. The van der Waals surface area contributed by atoms with Crippen molar-refractivity contribution < 1.29 is 14.6 Å². The van der Waals surface area contributed by atoms with Crippen LogP contribution in [0.4, 0.5) is 0 Å². The molecule has 2 atom stereocenters. The van der Waals surface area contributed by atoms with Gasteiger partial charge in [0.2, 0.25) is 0 Å². The summed E-state index contributed by atoms with van der Waals surface area (Å²) in [5.41, 5.74) is 3.60. The van der Waals surface area contributed by atoms with Crippen molar-refractivity contribution in [3.8, 4) is 5.75 Å². The Labute approximate surface area is 214 Å². The Kier molecular flexibility index (Phi) is 9.34. The first-order valence-electron chi connectivity index (χ1n) is 13.3. The van der Waals surface area contributed by atoms with Gasteiger partial charge in [0.05, 0.1) is 19.0 Å². The van der Waals surface area contributed by atoms with Crippen molar-refractivity contribution in [3.63, 3.8) is 0 Å². The number of pyridine rings is 1. The predicted octanol–water partition coefficient (Wildman–Crippen LogP) is 5.13. The van der Waals surface area contributed by atoms with Crippen LogP contribution in [-0.2, 0) is 24.7 Å². The van der Waals surface area contributed by atoms with Crippen LogP contribution >= 0.6 is 0 Å². The second-order valence-electron chi connectivity index (χ2n) is 10.2. The van der Waals surface area contributed by atoms with Crippen LogP contribution in [0, 0.1) is 11.8 Å². The molecular formula is C29H40N4O3. The molecular weight excluding hydrogens is 452 g/mol. The maximum atomic E-state index is 11.3. The van der Waals surface area contributed by atoms with Crippen LogP contribution in [0.5, 0.6) is 5.75 Å². The summed E-state index contributed by atoms with van der Waals surface area (Å²) in [4.78, 5) is 22.6. The van der Waals surface area contributed by atoms with E-state index in [0.29, 0.717) is 11.8 Å². The molecule has 1 aliphatic rings. The van der Waals surface area contributed by atoms with Gasteiger partial charge in [-0.05, 0) is 106 Å². The van der Waals surface area contributed by atoms with Crippen molar-refractivity contribution in [3.05, 3.63) is 54.2 Å². The number of ether oxygens (including phenoxy) is 1. The Morgan fingerprint density at radius 2 is 2.03 bits per heavy atom. The molecule has 194 valence electrons. The van der Waals surface area contributed by atoms with Crippen molar-refractivity contribution in [1.29, 1.82) is 0 Å². The molecule has 0 spiro atoms. The average Bonchev–Trinajstić information content (AvgIpc) is 3.30. The summed E-state index contributed by atoms with van der Waals surface area (Å²) in [6.45, 7) is 3.24. The van der Waals surface area contributed by atoms with E-state index < -0.39 is 5.97 Å². The molecule has 1 aromatic carbocycles. The number of aryl methyl sites for hydroxylation is 3. The lowest BCUT2D eigenvalue weighted by atomic mass is 9.79. The number of carboxylic acids is 1. The van der Waals surface area contributed by atoms with Crippen LogP contribution in [-0.4, -0.2) is 57.3 Å². The highest BCUT2D eigenvalue weighted by Crippen LogP contribution is 2.32. The lowest BCUT2D eigenvalue weighted by Crippen LogP contribution is -2.41. The van der Waals surface area contributed by atoms with Crippen molar-refractivity contribution in [1.82, 2.24) is 19.4 Å². The third-order valence-corrected chi connectivity index (χ3v) is 7.84. The van der Waals surface area contributed by atoms with Crippen LogP contribution in [0.25, 0.3) is 10.9 Å². The van der Waals surface area contributed by atoms with Gasteiger partial charge in [0.1, 0.15) is 5.75 Å². The van der Waals surface area contributed by atoms with Crippen LogP contribution in [0.2, 0.25) is 0 Å². The molecule has 0 radical (unpaired) electrons. The molecule has 3 aromatic rings. The van der Waals surface area contributed by atoms with Crippen molar-refractivity contribution in [2.75, 3.05) is 26.7 Å². The number of carbonyl (C=O) groups is 1. The van der Waals surface area contributed by atoms with E-state index in [1.54, 1.807) is 7.11 Å². The van der Waals surface area contributed by atoms with Crippen LogP contribution in [0.3, 0.4) is 0 Å². The topological polar surface area (TPSA) is 80.5 Å². The number of rotatable bonds is 13. The van der Waals surface area contributed by atoms with Gasteiger partial charge < -0.3 is 19.3 Å². The predicted molar refractivity (Wildman–Crippen MR) is 142 cm³/mol. The zero-order chi connectivity index (χ0) is 25.3. The molecule has 7 heteroatoms. The SMILES string of the molecule is COc1ccc2nccc(CCC[C@@H]3CCN(CCCCc4cncn4C)C[C@@H]3CCC(=O)O)c2c1. The maximum absolute atomic E-state index is 11.3. The number of likely N-dealkylation sites (tertiary alicyclic amines) is 1. The third-order valence-electron chi connectivity index (χ3n) is 7.84. The molecule has 0 unspecified atom stereocenters. The Morgan fingerprint density at radius 1 is 1.14 bits per heavy atom. The van der Waals surface area contributed by atoms with E-state index in [9.17, 15) is 9.90 Å². The Hall–Kier alpha value is -2.93. The van der Waals surface area contributed by atoms with E-state index in [4.69, 9.17) is 4.74 Å². The fraction of sp³-hybridized carbons (Fsp3) is 0.552. The number of carboxylic acid groups (broad SMARTS) is 1. The zero-order valence-electron chi connectivity index (χ0n) is 21.7. The summed E-state index contributed by atoms with van der Waals surface area (Å²) in [7, 11) is 3.75. The van der Waals surface area contributed by atoms with Crippen LogP contribution in [0.1, 0.15) is 56.2 Å². The summed E-state index contributed by atoms with van der Waals surface area (Å²) in [6.07, 6.45) is 14.6. The van der Waals surface area contributed by atoms with Crippen molar-refractivity contribution in [2.24, 2.45) is 18.9 Å². The molecule has 1 saturated heterocycles. The summed E-state index contributed by atoms with van der Waals surface area (Å²) < 4.78 is 7.52. The van der Waals surface area contributed by atoms with Gasteiger partial charge in [-0.2, -0.15) is 0 Å². The quantitative estimate of drug-likeness (QED) is 0.333. The average molecular weight is 493 g/mol. The van der Waals surface area contributed by atoms with Crippen molar-refractivity contribution in [2.45, 2.75) is 57.8 Å². The molecule has 1 aliphatic heterocycles. The van der Waals surface area contributed by atoms with E-state index in [0.717, 1.165) is 75.8 Å². The molecule has 1 fully saturated rings. The highest BCUT2D eigenvalue weighted by Gasteiger charge is 2.29. The summed E-state index contributed by atoms with van der Waals surface area (Å²) in [6, 6.07) is 8.18. The fourth-order valence-electron chi connectivity index (χ4n) is 5.72. The van der Waals surface area contributed by atoms with Gasteiger partial charge in [0.25, 0.3) is 0 Å². The molecule has 4 rings (SSSR count). The van der Waals surface area contributed by atoms with Gasteiger partial charge in [-0.15, -0.1) is 0 Å². The number of fused-ring (bicyclic) bond motifs is 1. The number of nitrogens with zero attached hydrogens (tertiary/aromatic N) is 4. The van der Waals surface area contributed by atoms with Gasteiger partial charge in [0.15, 0.2) is 0 Å². The number of hydrogen-bond donors (Lipinski definition) is 1. The summed E-state index contributed by atoms with van der Waals surface area (Å²) >= 11 is 0. The van der Waals surface area contributed by atoms with Crippen molar-refractivity contribution >= 4 is 16.9 Å². The lowest BCUT2D eigenvalue weighted by molar-refractivity contribution is -0.137. The van der Waals surface area contributed by atoms with Gasteiger partial charge in [-0.1, -0.05) is 0 Å². The summed E-state index contributed by atoms with van der Waals surface area (Å²) in [5.74, 6) is 1.23. The van der Waals surface area contributed by atoms with E-state index in [1.165, 1.54) is 23.1 Å². The van der Waals surface area contributed by atoms with Gasteiger partial charge in [-0.3, -0.25) is 9.78 Å². The molecule has 0 amide bonds. The first kappa shape index (κ1) is 26.1. The Balaban J connectivity index is 1.29. The fourth-order valence-corrected chi connectivity index (χ4v) is 5.72. The standard InChI is InChI=1S/C29H40N4O3/c1-32-21-30-19-25(32)8-3-4-16-33-17-14-22(24(20-33)9-12-29(34)35)6-5-7-23-13-15-31-28-11-10-26(36-2)18-27(23)28/h10-11,13,15,18-19,21-22,24H,3-9,12,14,16-17,20H2,1-2H3,(H,34,35)/t22-,24+/m1/s1. The largest absolute Gasteiger partial charge is 0.497 e. The number of imidazole rings is 1. The van der Waals surface area contributed by atoms with Gasteiger partial charge in [-0.25, -0.2) is 4.98 Å². The lowest BCUT2D eigenvalue weighted by Gasteiger charge is -2.39. The monoisotopic (exact) mass is 492 g/mol. The number of aromatic nitrogens is 3. The number of benzene rings is 1. The molecule has 0 saturated carbocycles. The van der Waals surface area contributed by atoms with Crippen LogP contribution in [0.15, 0.2) is 43.0 Å². The first-order valence-corrected chi connectivity index (χ1v) is 13.3. The van der Waals surface area contributed by atoms with Gasteiger partial charge >= 0.3 is 5.97 Å². The zero-order valence-corrected chi connectivity index (χ0v) is 21.7. The number of hydrogen-bond acceptors (Lipinski definition) is 5. The highest BCUT2D eigenvalue weighted by molar-refractivity contribution is 5.83. The Morgan fingerprint density at radius 3 is 2.81 bits per heavy atom. The van der Waals surface area contributed by atoms with E-state index in [2.05, 4.69) is 31.6 Å². The molecule has 0 bridgehead atoms. The molecule has 0 aliphatic carbocycles. The minimum atomic E-state index is -0.681. The minimum absolute atomic E-state index is 0.268. The first-order chi connectivity index (χ1) is 17.5. The molecule has 2 aromatic heterocycles. The number of methoxy groups -OCH3 is 1. The van der Waals surface area contributed by atoms with Gasteiger partial charge in [0, 0.05) is 43.5 Å². The third kappa shape index (κ3) is 7.06. The van der Waals surface area contributed by atoms with E-state index >= 15 is 0 Å². The minimum Gasteiger partial charge on any atom is -0.497 e. The van der Waals surface area contributed by atoms with Crippen LogP contribution < -0.4 is 4.74 Å².